The highest BCUT2D eigenvalue weighted by atomic mass is 35.5. The molecule has 24 heavy (non-hydrogen) atoms. The zero-order valence-corrected chi connectivity index (χ0v) is 14.2. The van der Waals surface area contributed by atoms with Gasteiger partial charge >= 0.3 is 5.97 Å². The van der Waals surface area contributed by atoms with E-state index >= 15 is 0 Å². The number of anilines is 1. The molecular weight excluding hydrogens is 330 g/mol. The second-order valence-electron chi connectivity index (χ2n) is 5.21. The highest BCUT2D eigenvalue weighted by Gasteiger charge is 2.18. The van der Waals surface area contributed by atoms with Crippen molar-refractivity contribution in [2.45, 2.75) is 20.0 Å². The standard InChI is InChI=1S/C18H18ClNO4/c1-12-7-9-14(10-8-12)20-18(22)13(2)24-17(21)11-23-16-6-4-3-5-15(16)19/h3-10,13H,11H2,1-2H3,(H,20,22). The first-order chi connectivity index (χ1) is 11.5. The van der Waals surface area contributed by atoms with Crippen LogP contribution in [0.4, 0.5) is 5.69 Å². The van der Waals surface area contributed by atoms with Gasteiger partial charge in [-0.05, 0) is 38.1 Å². The molecule has 0 saturated heterocycles. The van der Waals surface area contributed by atoms with Gasteiger partial charge in [-0.3, -0.25) is 4.79 Å². The molecule has 1 N–H and O–H groups in total. The topological polar surface area (TPSA) is 64.6 Å². The number of carbonyl (C=O) groups excluding carboxylic acids is 2. The lowest BCUT2D eigenvalue weighted by atomic mass is 10.2. The number of ether oxygens (including phenoxy) is 2. The zero-order valence-electron chi connectivity index (χ0n) is 13.4. The van der Waals surface area contributed by atoms with Crippen LogP contribution in [0.25, 0.3) is 0 Å². The van der Waals surface area contributed by atoms with Crippen LogP contribution >= 0.6 is 11.6 Å². The van der Waals surface area contributed by atoms with Gasteiger partial charge < -0.3 is 14.8 Å². The molecule has 2 aromatic rings. The molecule has 2 aromatic carbocycles. The molecule has 0 aliphatic rings. The SMILES string of the molecule is Cc1ccc(NC(=O)C(C)OC(=O)COc2ccccc2Cl)cc1. The maximum Gasteiger partial charge on any atom is 0.344 e. The summed E-state index contributed by atoms with van der Waals surface area (Å²) >= 11 is 5.92. The van der Waals surface area contributed by atoms with E-state index in [0.29, 0.717) is 16.5 Å². The Morgan fingerprint density at radius 3 is 2.46 bits per heavy atom. The van der Waals surface area contributed by atoms with E-state index in [2.05, 4.69) is 5.32 Å². The predicted molar refractivity (Wildman–Crippen MR) is 92.3 cm³/mol. The Kier molecular flexibility index (Phi) is 6.21. The van der Waals surface area contributed by atoms with Crippen LogP contribution in [0.2, 0.25) is 5.02 Å². The van der Waals surface area contributed by atoms with E-state index in [0.717, 1.165) is 5.56 Å². The van der Waals surface area contributed by atoms with Gasteiger partial charge in [0.05, 0.1) is 5.02 Å². The minimum Gasteiger partial charge on any atom is -0.480 e. The first-order valence-electron chi connectivity index (χ1n) is 7.40. The fourth-order valence-corrected chi connectivity index (χ4v) is 2.05. The Morgan fingerprint density at radius 1 is 1.12 bits per heavy atom. The van der Waals surface area contributed by atoms with Gasteiger partial charge in [0.2, 0.25) is 0 Å². The number of aryl methyl sites for hydroxylation is 1. The Morgan fingerprint density at radius 2 is 1.79 bits per heavy atom. The molecule has 2 rings (SSSR count). The Bertz CT molecular complexity index is 715. The first kappa shape index (κ1) is 17.8. The van der Waals surface area contributed by atoms with Crippen LogP contribution in [0.5, 0.6) is 5.75 Å². The molecule has 0 aromatic heterocycles. The number of esters is 1. The highest BCUT2D eigenvalue weighted by molar-refractivity contribution is 6.32. The van der Waals surface area contributed by atoms with Gasteiger partial charge in [0.15, 0.2) is 12.7 Å². The van der Waals surface area contributed by atoms with Crippen LogP contribution in [0.1, 0.15) is 12.5 Å². The van der Waals surface area contributed by atoms with Crippen LogP contribution in [-0.2, 0) is 14.3 Å². The zero-order chi connectivity index (χ0) is 17.5. The molecular formula is C18H18ClNO4. The molecule has 0 aliphatic carbocycles. The largest absolute Gasteiger partial charge is 0.480 e. The van der Waals surface area contributed by atoms with Crippen LogP contribution in [0.15, 0.2) is 48.5 Å². The van der Waals surface area contributed by atoms with E-state index in [1.165, 1.54) is 6.92 Å². The molecule has 0 radical (unpaired) electrons. The lowest BCUT2D eigenvalue weighted by Crippen LogP contribution is -2.31. The van der Waals surface area contributed by atoms with Crippen molar-refractivity contribution in [2.24, 2.45) is 0 Å². The van der Waals surface area contributed by atoms with Crippen LogP contribution in [0, 0.1) is 6.92 Å². The molecule has 6 heteroatoms. The van der Waals surface area contributed by atoms with Gasteiger partial charge in [-0.1, -0.05) is 41.4 Å². The van der Waals surface area contributed by atoms with Gasteiger partial charge in [-0.15, -0.1) is 0 Å². The molecule has 0 bridgehead atoms. The predicted octanol–water partition coefficient (Wildman–Crippen LogP) is 3.60. The molecule has 0 fully saturated rings. The van der Waals surface area contributed by atoms with E-state index < -0.39 is 18.0 Å². The van der Waals surface area contributed by atoms with Crippen molar-refractivity contribution in [3.8, 4) is 5.75 Å². The summed E-state index contributed by atoms with van der Waals surface area (Å²) in [7, 11) is 0. The number of benzene rings is 2. The second-order valence-corrected chi connectivity index (χ2v) is 5.61. The monoisotopic (exact) mass is 347 g/mol. The number of amides is 1. The third-order valence-corrected chi connectivity index (χ3v) is 3.49. The average molecular weight is 348 g/mol. The molecule has 0 spiro atoms. The molecule has 5 nitrogen and oxygen atoms in total. The van der Waals surface area contributed by atoms with Gasteiger partial charge in [-0.2, -0.15) is 0 Å². The smallest absolute Gasteiger partial charge is 0.344 e. The number of hydrogen-bond acceptors (Lipinski definition) is 4. The van der Waals surface area contributed by atoms with Crippen LogP contribution in [0.3, 0.4) is 0 Å². The van der Waals surface area contributed by atoms with Crippen LogP contribution in [-0.4, -0.2) is 24.6 Å². The quantitative estimate of drug-likeness (QED) is 0.811. The third-order valence-electron chi connectivity index (χ3n) is 3.18. The van der Waals surface area contributed by atoms with E-state index in [1.54, 1.807) is 36.4 Å². The summed E-state index contributed by atoms with van der Waals surface area (Å²) in [6, 6.07) is 14.1. The van der Waals surface area contributed by atoms with Crippen molar-refractivity contribution in [2.75, 3.05) is 11.9 Å². The summed E-state index contributed by atoms with van der Waals surface area (Å²) < 4.78 is 10.3. The van der Waals surface area contributed by atoms with Crippen molar-refractivity contribution in [1.29, 1.82) is 0 Å². The summed E-state index contributed by atoms with van der Waals surface area (Å²) in [4.78, 5) is 23.8. The van der Waals surface area contributed by atoms with Crippen molar-refractivity contribution in [3.63, 3.8) is 0 Å². The van der Waals surface area contributed by atoms with Gasteiger partial charge in [0.25, 0.3) is 5.91 Å². The molecule has 1 atom stereocenters. The number of nitrogens with one attached hydrogen (secondary N) is 1. The van der Waals surface area contributed by atoms with Crippen molar-refractivity contribution >= 4 is 29.2 Å². The average Bonchev–Trinajstić information content (AvgIpc) is 2.56. The number of hydrogen-bond donors (Lipinski definition) is 1. The Hall–Kier alpha value is -2.53. The summed E-state index contributed by atoms with van der Waals surface area (Å²) in [6.45, 7) is 3.12. The molecule has 0 heterocycles. The lowest BCUT2D eigenvalue weighted by Gasteiger charge is -2.14. The lowest BCUT2D eigenvalue weighted by molar-refractivity contribution is -0.155. The molecule has 0 aliphatic heterocycles. The summed E-state index contributed by atoms with van der Waals surface area (Å²) in [5, 5.41) is 3.08. The van der Waals surface area contributed by atoms with E-state index in [9.17, 15) is 9.59 Å². The fourth-order valence-electron chi connectivity index (χ4n) is 1.86. The van der Waals surface area contributed by atoms with Gasteiger partial charge in [0.1, 0.15) is 5.75 Å². The Labute approximate surface area is 145 Å². The molecule has 0 saturated carbocycles. The van der Waals surface area contributed by atoms with Crippen molar-refractivity contribution in [1.82, 2.24) is 0 Å². The van der Waals surface area contributed by atoms with Gasteiger partial charge in [0, 0.05) is 5.69 Å². The molecule has 126 valence electrons. The third kappa shape index (κ3) is 5.28. The maximum atomic E-state index is 12.0. The second kappa shape index (κ2) is 8.36. The normalized spacial score (nSPS) is 11.5. The van der Waals surface area contributed by atoms with Gasteiger partial charge in [-0.25, -0.2) is 4.79 Å². The minimum atomic E-state index is -0.936. The maximum absolute atomic E-state index is 12.0. The number of rotatable bonds is 6. The van der Waals surface area contributed by atoms with E-state index in [4.69, 9.17) is 21.1 Å². The number of halogens is 1. The van der Waals surface area contributed by atoms with E-state index in [1.807, 2.05) is 19.1 Å². The van der Waals surface area contributed by atoms with Crippen molar-refractivity contribution in [3.05, 3.63) is 59.1 Å². The number of para-hydroxylation sites is 1. The molecule has 1 amide bonds. The fraction of sp³-hybridized carbons (Fsp3) is 0.222. The van der Waals surface area contributed by atoms with Crippen molar-refractivity contribution < 1.29 is 19.1 Å². The molecule has 1 unspecified atom stereocenters. The summed E-state index contributed by atoms with van der Waals surface area (Å²) in [6.07, 6.45) is -0.936. The first-order valence-corrected chi connectivity index (χ1v) is 7.78. The summed E-state index contributed by atoms with van der Waals surface area (Å²) in [5.74, 6) is -0.681. The summed E-state index contributed by atoms with van der Waals surface area (Å²) in [5.41, 5.74) is 1.73. The number of carbonyl (C=O) groups is 2. The van der Waals surface area contributed by atoms with E-state index in [-0.39, 0.29) is 6.61 Å². The Balaban J connectivity index is 1.81. The van der Waals surface area contributed by atoms with Crippen LogP contribution < -0.4 is 10.1 Å². The highest BCUT2D eigenvalue weighted by Crippen LogP contribution is 2.22. The minimum absolute atomic E-state index is 0.327.